The summed E-state index contributed by atoms with van der Waals surface area (Å²) in [5, 5.41) is 3.88. The molecule has 17 heavy (non-hydrogen) atoms. The molecule has 1 amide bonds. The van der Waals surface area contributed by atoms with E-state index in [1.54, 1.807) is 0 Å². The fourth-order valence-corrected chi connectivity index (χ4v) is 3.73. The maximum Gasteiger partial charge on any atom is 0.225 e. The van der Waals surface area contributed by atoms with Gasteiger partial charge in [0.1, 0.15) is 0 Å². The van der Waals surface area contributed by atoms with Crippen molar-refractivity contribution in [2.75, 3.05) is 31.9 Å². The Hall–Kier alpha value is -0.220. The van der Waals surface area contributed by atoms with Gasteiger partial charge in [0.2, 0.25) is 5.91 Å². The third-order valence-corrected chi connectivity index (χ3v) is 5.60. The van der Waals surface area contributed by atoms with Gasteiger partial charge in [0.25, 0.3) is 0 Å². The summed E-state index contributed by atoms with van der Waals surface area (Å²) in [6, 6.07) is 0. The Morgan fingerprint density at radius 1 is 1.35 bits per heavy atom. The normalized spacial score (nSPS) is 28.0. The minimum Gasteiger partial charge on any atom is -0.341 e. The number of carbonyl (C=O) groups excluding carboxylic acids is 1. The van der Waals surface area contributed by atoms with E-state index in [9.17, 15) is 4.79 Å². The second kappa shape index (κ2) is 5.61. The first-order valence-corrected chi connectivity index (χ1v) is 7.75. The summed E-state index contributed by atoms with van der Waals surface area (Å²) in [6.45, 7) is 10.5. The zero-order valence-electron chi connectivity index (χ0n) is 11.1. The molecule has 3 nitrogen and oxygen atoms in total. The third-order valence-electron chi connectivity index (χ3n) is 4.06. The van der Waals surface area contributed by atoms with E-state index in [2.05, 4.69) is 31.0 Å². The van der Waals surface area contributed by atoms with Crippen LogP contribution in [0.2, 0.25) is 0 Å². The number of thioether (sulfide) groups is 1. The fourth-order valence-electron chi connectivity index (χ4n) is 2.43. The zero-order valence-corrected chi connectivity index (χ0v) is 11.9. The lowest BCUT2D eigenvalue weighted by Gasteiger charge is -2.39. The summed E-state index contributed by atoms with van der Waals surface area (Å²) in [5.74, 6) is 2.91. The van der Waals surface area contributed by atoms with E-state index >= 15 is 0 Å². The highest BCUT2D eigenvalue weighted by Gasteiger charge is 2.34. The lowest BCUT2D eigenvalue weighted by atomic mass is 9.88. The van der Waals surface area contributed by atoms with Gasteiger partial charge >= 0.3 is 0 Å². The van der Waals surface area contributed by atoms with E-state index in [0.717, 1.165) is 31.9 Å². The molecule has 0 aromatic heterocycles. The van der Waals surface area contributed by atoms with Gasteiger partial charge in [0.05, 0.1) is 0 Å². The fraction of sp³-hybridized carbons (Fsp3) is 0.923. The van der Waals surface area contributed by atoms with Crippen molar-refractivity contribution < 1.29 is 4.79 Å². The van der Waals surface area contributed by atoms with Crippen LogP contribution in [-0.2, 0) is 4.79 Å². The van der Waals surface area contributed by atoms with Gasteiger partial charge in [-0.15, -0.1) is 0 Å². The Labute approximate surface area is 109 Å². The Morgan fingerprint density at radius 2 is 2.06 bits per heavy atom. The van der Waals surface area contributed by atoms with E-state index in [1.807, 2.05) is 11.8 Å². The summed E-state index contributed by atoms with van der Waals surface area (Å²) >= 11 is 2.03. The van der Waals surface area contributed by atoms with Crippen LogP contribution in [0.1, 0.15) is 20.8 Å². The molecule has 2 rings (SSSR count). The van der Waals surface area contributed by atoms with Crippen LogP contribution in [0.25, 0.3) is 0 Å². The molecule has 2 unspecified atom stereocenters. The number of nitrogens with zero attached hydrogens (tertiary/aromatic N) is 1. The van der Waals surface area contributed by atoms with Crippen molar-refractivity contribution in [3.8, 4) is 0 Å². The summed E-state index contributed by atoms with van der Waals surface area (Å²) in [5.41, 5.74) is 0. The molecule has 0 aromatic carbocycles. The van der Waals surface area contributed by atoms with Crippen molar-refractivity contribution in [2.45, 2.75) is 26.0 Å². The van der Waals surface area contributed by atoms with Gasteiger partial charge in [0, 0.05) is 30.0 Å². The van der Waals surface area contributed by atoms with Crippen LogP contribution in [0.4, 0.5) is 0 Å². The monoisotopic (exact) mass is 256 g/mol. The molecular weight excluding hydrogens is 232 g/mol. The summed E-state index contributed by atoms with van der Waals surface area (Å²) in [4.78, 5) is 14.5. The Bertz CT molecular complexity index is 279. The SMILES string of the molecule is CC(C)C1CN(C(=O)C(C)C2CNC2)CCS1. The van der Waals surface area contributed by atoms with Crippen LogP contribution >= 0.6 is 11.8 Å². The summed E-state index contributed by atoms with van der Waals surface area (Å²) < 4.78 is 0. The van der Waals surface area contributed by atoms with Crippen LogP contribution in [-0.4, -0.2) is 48.0 Å². The molecule has 0 saturated carbocycles. The second-order valence-electron chi connectivity index (χ2n) is 5.64. The average molecular weight is 256 g/mol. The topological polar surface area (TPSA) is 32.3 Å². The number of hydrogen-bond acceptors (Lipinski definition) is 3. The van der Waals surface area contributed by atoms with Gasteiger partial charge in [-0.2, -0.15) is 11.8 Å². The van der Waals surface area contributed by atoms with E-state index < -0.39 is 0 Å². The van der Waals surface area contributed by atoms with Crippen LogP contribution in [0, 0.1) is 17.8 Å². The largest absolute Gasteiger partial charge is 0.341 e. The van der Waals surface area contributed by atoms with Crippen molar-refractivity contribution in [1.82, 2.24) is 10.2 Å². The molecule has 1 N–H and O–H groups in total. The first-order chi connectivity index (χ1) is 8.09. The average Bonchev–Trinajstić information content (AvgIpc) is 2.25. The van der Waals surface area contributed by atoms with E-state index in [4.69, 9.17) is 0 Å². The van der Waals surface area contributed by atoms with E-state index in [1.165, 1.54) is 0 Å². The van der Waals surface area contributed by atoms with Crippen molar-refractivity contribution in [3.05, 3.63) is 0 Å². The first kappa shape index (κ1) is 13.2. The number of amides is 1. The predicted molar refractivity (Wildman–Crippen MR) is 73.2 cm³/mol. The van der Waals surface area contributed by atoms with E-state index in [0.29, 0.717) is 23.0 Å². The maximum absolute atomic E-state index is 12.4. The van der Waals surface area contributed by atoms with Gasteiger partial charge in [-0.1, -0.05) is 20.8 Å². The maximum atomic E-state index is 12.4. The lowest BCUT2D eigenvalue weighted by Crippen LogP contribution is -2.52. The predicted octanol–water partition coefficient (Wildman–Crippen LogP) is 1.44. The molecule has 0 radical (unpaired) electrons. The van der Waals surface area contributed by atoms with Gasteiger partial charge in [-0.3, -0.25) is 4.79 Å². The molecular formula is C13H24N2OS. The molecule has 2 heterocycles. The highest BCUT2D eigenvalue weighted by molar-refractivity contribution is 8.00. The molecule has 2 atom stereocenters. The standard InChI is InChI=1S/C13H24N2OS/c1-9(2)12-8-15(4-5-17-12)13(16)10(3)11-6-14-7-11/h9-12,14H,4-8H2,1-3H3. The first-order valence-electron chi connectivity index (χ1n) is 6.70. The Morgan fingerprint density at radius 3 is 2.59 bits per heavy atom. The molecule has 0 bridgehead atoms. The molecule has 98 valence electrons. The Balaban J connectivity index is 1.89. The zero-order chi connectivity index (χ0) is 12.4. The minimum absolute atomic E-state index is 0.201. The summed E-state index contributed by atoms with van der Waals surface area (Å²) in [7, 11) is 0. The van der Waals surface area contributed by atoms with Gasteiger partial charge in [0.15, 0.2) is 0 Å². The third kappa shape index (κ3) is 2.97. The molecule has 2 aliphatic rings. The van der Waals surface area contributed by atoms with Gasteiger partial charge in [-0.05, 0) is 24.9 Å². The Kier molecular flexibility index (Phi) is 4.36. The molecule has 0 aliphatic carbocycles. The van der Waals surface area contributed by atoms with Crippen molar-refractivity contribution in [2.24, 2.45) is 17.8 Å². The highest BCUT2D eigenvalue weighted by atomic mass is 32.2. The molecule has 2 saturated heterocycles. The van der Waals surface area contributed by atoms with Crippen molar-refractivity contribution in [1.29, 1.82) is 0 Å². The minimum atomic E-state index is 0.201. The number of rotatable bonds is 3. The van der Waals surface area contributed by atoms with Crippen LogP contribution in [0.5, 0.6) is 0 Å². The molecule has 4 heteroatoms. The highest BCUT2D eigenvalue weighted by Crippen LogP contribution is 2.27. The molecule has 0 spiro atoms. The molecule has 2 aliphatic heterocycles. The van der Waals surface area contributed by atoms with Crippen LogP contribution < -0.4 is 5.32 Å². The number of hydrogen-bond donors (Lipinski definition) is 1. The van der Waals surface area contributed by atoms with Crippen molar-refractivity contribution in [3.63, 3.8) is 0 Å². The molecule has 0 aromatic rings. The molecule has 2 fully saturated rings. The number of nitrogens with one attached hydrogen (secondary N) is 1. The van der Waals surface area contributed by atoms with Crippen LogP contribution in [0.3, 0.4) is 0 Å². The second-order valence-corrected chi connectivity index (χ2v) is 6.99. The van der Waals surface area contributed by atoms with Crippen LogP contribution in [0.15, 0.2) is 0 Å². The van der Waals surface area contributed by atoms with Gasteiger partial charge in [-0.25, -0.2) is 0 Å². The smallest absolute Gasteiger partial charge is 0.225 e. The van der Waals surface area contributed by atoms with Crippen molar-refractivity contribution >= 4 is 17.7 Å². The van der Waals surface area contributed by atoms with Gasteiger partial charge < -0.3 is 10.2 Å². The summed E-state index contributed by atoms with van der Waals surface area (Å²) in [6.07, 6.45) is 0. The lowest BCUT2D eigenvalue weighted by molar-refractivity contribution is -0.137. The van der Waals surface area contributed by atoms with E-state index in [-0.39, 0.29) is 5.92 Å². The number of carbonyl (C=O) groups is 1. The quantitative estimate of drug-likeness (QED) is 0.829.